The van der Waals surface area contributed by atoms with Gasteiger partial charge < -0.3 is 20.3 Å². The summed E-state index contributed by atoms with van der Waals surface area (Å²) in [6, 6.07) is 24.5. The number of amides is 3. The van der Waals surface area contributed by atoms with Gasteiger partial charge in [-0.1, -0.05) is 67.6 Å². The van der Waals surface area contributed by atoms with E-state index in [1.54, 1.807) is 11.0 Å². The number of hydrogen-bond acceptors (Lipinski definition) is 3. The first kappa shape index (κ1) is 23.4. The van der Waals surface area contributed by atoms with Gasteiger partial charge in [-0.05, 0) is 49.6 Å². The second kappa shape index (κ2) is 10.00. The second-order valence-electron chi connectivity index (χ2n) is 9.16. The van der Waals surface area contributed by atoms with Crippen molar-refractivity contribution < 1.29 is 14.3 Å². The van der Waals surface area contributed by atoms with Crippen molar-refractivity contribution >= 4 is 23.3 Å². The molecule has 3 aromatic rings. The quantitative estimate of drug-likeness (QED) is 0.494. The Morgan fingerprint density at radius 2 is 1.62 bits per heavy atom. The summed E-state index contributed by atoms with van der Waals surface area (Å²) in [6.07, 6.45) is 0.815. The number of carbonyl (C=O) groups is 2. The SMILES string of the molecule is CCCN1C(=O)C(C)(C)COc2ccc(NC(=O)NC(c3ccccc3)c3ccccc3)cc21. The van der Waals surface area contributed by atoms with E-state index in [4.69, 9.17) is 4.74 Å². The highest BCUT2D eigenvalue weighted by atomic mass is 16.5. The Morgan fingerprint density at radius 3 is 2.21 bits per heavy atom. The zero-order chi connectivity index (χ0) is 24.1. The maximum atomic E-state index is 13.2. The largest absolute Gasteiger partial charge is 0.490 e. The molecular formula is C28H31N3O3. The van der Waals surface area contributed by atoms with Gasteiger partial charge in [-0.3, -0.25) is 4.79 Å². The smallest absolute Gasteiger partial charge is 0.319 e. The molecule has 1 heterocycles. The number of urea groups is 1. The van der Waals surface area contributed by atoms with Crippen LogP contribution in [-0.4, -0.2) is 25.1 Å². The number of rotatable bonds is 6. The minimum Gasteiger partial charge on any atom is -0.490 e. The first-order valence-electron chi connectivity index (χ1n) is 11.7. The monoisotopic (exact) mass is 457 g/mol. The van der Waals surface area contributed by atoms with Crippen LogP contribution in [0.2, 0.25) is 0 Å². The van der Waals surface area contributed by atoms with Crippen molar-refractivity contribution in [3.63, 3.8) is 0 Å². The zero-order valence-electron chi connectivity index (χ0n) is 19.9. The molecular weight excluding hydrogens is 426 g/mol. The molecule has 1 aliphatic rings. The second-order valence-corrected chi connectivity index (χ2v) is 9.16. The standard InChI is InChI=1S/C28H31N3O3/c1-4-17-31-23-18-22(15-16-24(23)34-19-28(2,3)26(31)32)29-27(33)30-25(20-11-7-5-8-12-20)21-13-9-6-10-14-21/h5-16,18,25H,4,17,19H2,1-3H3,(H2,29,30,33). The highest BCUT2D eigenvalue weighted by Gasteiger charge is 2.37. The lowest BCUT2D eigenvalue weighted by Gasteiger charge is -2.28. The summed E-state index contributed by atoms with van der Waals surface area (Å²) in [6.45, 7) is 6.71. The summed E-state index contributed by atoms with van der Waals surface area (Å²) >= 11 is 0. The van der Waals surface area contributed by atoms with E-state index in [9.17, 15) is 9.59 Å². The van der Waals surface area contributed by atoms with E-state index >= 15 is 0 Å². The van der Waals surface area contributed by atoms with Crippen molar-refractivity contribution in [2.24, 2.45) is 5.41 Å². The molecule has 0 saturated carbocycles. The highest BCUT2D eigenvalue weighted by Crippen LogP contribution is 2.38. The van der Waals surface area contributed by atoms with Gasteiger partial charge in [-0.25, -0.2) is 4.79 Å². The molecule has 0 unspecified atom stereocenters. The summed E-state index contributed by atoms with van der Waals surface area (Å²) < 4.78 is 5.96. The van der Waals surface area contributed by atoms with Crippen LogP contribution in [-0.2, 0) is 4.79 Å². The minimum absolute atomic E-state index is 0.0166. The molecule has 1 aliphatic heterocycles. The lowest BCUT2D eigenvalue weighted by molar-refractivity contribution is -0.127. The summed E-state index contributed by atoms with van der Waals surface area (Å²) in [5, 5.41) is 6.02. The Morgan fingerprint density at radius 1 is 1.00 bits per heavy atom. The first-order valence-corrected chi connectivity index (χ1v) is 11.7. The fourth-order valence-corrected chi connectivity index (χ4v) is 4.12. The number of benzene rings is 3. The molecule has 0 aliphatic carbocycles. The van der Waals surface area contributed by atoms with E-state index in [2.05, 4.69) is 10.6 Å². The van der Waals surface area contributed by atoms with E-state index in [-0.39, 0.29) is 18.0 Å². The van der Waals surface area contributed by atoms with E-state index in [0.29, 0.717) is 30.3 Å². The molecule has 3 aromatic carbocycles. The predicted molar refractivity (Wildman–Crippen MR) is 135 cm³/mol. The van der Waals surface area contributed by atoms with Crippen LogP contribution in [0.4, 0.5) is 16.2 Å². The summed E-state index contributed by atoms with van der Waals surface area (Å²) in [4.78, 5) is 28.0. The van der Waals surface area contributed by atoms with Crippen LogP contribution < -0.4 is 20.3 Å². The molecule has 3 amide bonds. The number of nitrogens with one attached hydrogen (secondary N) is 2. The number of ether oxygens (including phenoxy) is 1. The van der Waals surface area contributed by atoms with Gasteiger partial charge in [-0.2, -0.15) is 0 Å². The van der Waals surface area contributed by atoms with Crippen molar-refractivity contribution in [3.05, 3.63) is 90.0 Å². The number of carbonyl (C=O) groups excluding carboxylic acids is 2. The normalized spacial score (nSPS) is 14.7. The van der Waals surface area contributed by atoms with Gasteiger partial charge in [0.05, 0.1) is 17.1 Å². The van der Waals surface area contributed by atoms with Crippen LogP contribution in [0.15, 0.2) is 78.9 Å². The number of hydrogen-bond donors (Lipinski definition) is 2. The molecule has 0 bridgehead atoms. The molecule has 0 atom stereocenters. The molecule has 6 heteroatoms. The van der Waals surface area contributed by atoms with Crippen LogP contribution in [0, 0.1) is 5.41 Å². The number of nitrogens with zero attached hydrogens (tertiary/aromatic N) is 1. The summed E-state index contributed by atoms with van der Waals surface area (Å²) in [5.74, 6) is 0.660. The molecule has 4 rings (SSSR count). The van der Waals surface area contributed by atoms with Crippen molar-refractivity contribution in [1.82, 2.24) is 5.32 Å². The van der Waals surface area contributed by atoms with E-state index in [0.717, 1.165) is 17.5 Å². The van der Waals surface area contributed by atoms with Gasteiger partial charge in [0.2, 0.25) is 5.91 Å². The average molecular weight is 458 g/mol. The third-order valence-electron chi connectivity index (χ3n) is 5.91. The fourth-order valence-electron chi connectivity index (χ4n) is 4.12. The highest BCUT2D eigenvalue weighted by molar-refractivity contribution is 6.00. The first-order chi connectivity index (χ1) is 16.4. The van der Waals surface area contributed by atoms with E-state index in [1.165, 1.54) is 0 Å². The number of fused-ring (bicyclic) bond motifs is 1. The summed E-state index contributed by atoms with van der Waals surface area (Å²) in [7, 11) is 0. The molecule has 0 spiro atoms. The minimum atomic E-state index is -0.627. The van der Waals surface area contributed by atoms with Gasteiger partial charge in [0.1, 0.15) is 12.4 Å². The number of anilines is 2. The van der Waals surface area contributed by atoms with Crippen molar-refractivity contribution in [2.75, 3.05) is 23.4 Å². The fraction of sp³-hybridized carbons (Fsp3) is 0.286. The Labute approximate surface area is 200 Å². The van der Waals surface area contributed by atoms with Crippen molar-refractivity contribution in [1.29, 1.82) is 0 Å². The van der Waals surface area contributed by atoms with Gasteiger partial charge in [0.25, 0.3) is 0 Å². The van der Waals surface area contributed by atoms with Crippen LogP contribution in [0.1, 0.15) is 44.4 Å². The molecule has 0 radical (unpaired) electrons. The zero-order valence-corrected chi connectivity index (χ0v) is 19.9. The van der Waals surface area contributed by atoms with Gasteiger partial charge >= 0.3 is 6.03 Å². The summed E-state index contributed by atoms with van der Waals surface area (Å²) in [5.41, 5.74) is 2.62. The lowest BCUT2D eigenvalue weighted by Crippen LogP contribution is -2.42. The van der Waals surface area contributed by atoms with Gasteiger partial charge in [-0.15, -0.1) is 0 Å². The van der Waals surface area contributed by atoms with Crippen LogP contribution in [0.3, 0.4) is 0 Å². The molecule has 2 N–H and O–H groups in total. The molecule has 6 nitrogen and oxygen atoms in total. The Bertz CT molecular complexity index is 1110. The maximum Gasteiger partial charge on any atom is 0.319 e. The van der Waals surface area contributed by atoms with Crippen LogP contribution in [0.25, 0.3) is 0 Å². The molecule has 176 valence electrons. The van der Waals surface area contributed by atoms with Gasteiger partial charge in [0, 0.05) is 12.2 Å². The lowest BCUT2D eigenvalue weighted by atomic mass is 9.93. The third kappa shape index (κ3) is 5.06. The molecule has 0 saturated heterocycles. The van der Waals surface area contributed by atoms with Crippen molar-refractivity contribution in [2.45, 2.75) is 33.2 Å². The van der Waals surface area contributed by atoms with Crippen molar-refractivity contribution in [3.8, 4) is 5.75 Å². The Kier molecular flexibility index (Phi) is 6.87. The molecule has 34 heavy (non-hydrogen) atoms. The Balaban J connectivity index is 1.58. The maximum absolute atomic E-state index is 13.2. The van der Waals surface area contributed by atoms with Crippen LogP contribution >= 0.6 is 0 Å². The van der Waals surface area contributed by atoms with Gasteiger partial charge in [0.15, 0.2) is 0 Å². The molecule has 0 aromatic heterocycles. The van der Waals surface area contributed by atoms with Crippen LogP contribution in [0.5, 0.6) is 5.75 Å². The average Bonchev–Trinajstić information content (AvgIpc) is 2.94. The predicted octanol–water partition coefficient (Wildman–Crippen LogP) is 5.76. The van der Waals surface area contributed by atoms with E-state index < -0.39 is 5.41 Å². The topological polar surface area (TPSA) is 70.7 Å². The Hall–Kier alpha value is -3.80. The third-order valence-corrected chi connectivity index (χ3v) is 5.91. The van der Waals surface area contributed by atoms with E-state index in [1.807, 2.05) is 93.6 Å². The molecule has 0 fully saturated rings.